The van der Waals surface area contributed by atoms with Crippen LogP contribution in [0.15, 0.2) is 0 Å². The van der Waals surface area contributed by atoms with Gasteiger partial charge in [0.15, 0.2) is 0 Å². The minimum atomic E-state index is -4.94. The smallest absolute Gasteiger partial charge is 0.0892 e. The van der Waals surface area contributed by atoms with E-state index in [0.717, 1.165) is 12.1 Å². The topological polar surface area (TPSA) is 92.2 Å². The summed E-state index contributed by atoms with van der Waals surface area (Å²) in [5.41, 5.74) is 0. The second-order valence-corrected chi connectivity index (χ2v) is 7.45. The van der Waals surface area contributed by atoms with E-state index in [4.69, 9.17) is 18.6 Å². The maximum atomic E-state index is 8.49. The van der Waals surface area contributed by atoms with Crippen LogP contribution in [0.4, 0.5) is 0 Å². The normalized spacial score (nSPS) is 22.1. The second kappa shape index (κ2) is 9.40. The molecule has 132 valence electrons. The molecule has 22 heavy (non-hydrogen) atoms. The van der Waals surface area contributed by atoms with Crippen molar-refractivity contribution < 1.29 is 33.4 Å². The molecule has 6 heteroatoms. The molecule has 0 amide bonds. The van der Waals surface area contributed by atoms with Crippen LogP contribution in [0.3, 0.4) is 0 Å². The zero-order valence-corrected chi connectivity index (χ0v) is 14.9. The highest BCUT2D eigenvalue weighted by Gasteiger charge is 2.41. The number of hydrogen-bond acceptors (Lipinski definition) is 4. The standard InChI is InChI=1S/C16H32N.ClHO4/c1-3-17(4-2,15-11-7-5-8-12-15)16-13-9-6-10-14-16;2-1(3,4)5/h15-16H,3-14H2,1-2H3;(H,2,3,4,5)/q+1;/p-1. The van der Waals surface area contributed by atoms with E-state index >= 15 is 0 Å². The van der Waals surface area contributed by atoms with Gasteiger partial charge in [-0.15, -0.1) is 10.2 Å². The third-order valence-electron chi connectivity index (χ3n) is 5.78. The van der Waals surface area contributed by atoms with Crippen LogP contribution in [0.5, 0.6) is 0 Å². The molecule has 2 aliphatic carbocycles. The fourth-order valence-electron chi connectivity index (χ4n) is 4.75. The van der Waals surface area contributed by atoms with E-state index in [1.807, 2.05) is 0 Å². The van der Waals surface area contributed by atoms with Crippen molar-refractivity contribution in [2.75, 3.05) is 13.1 Å². The van der Waals surface area contributed by atoms with Crippen LogP contribution in [0.2, 0.25) is 0 Å². The molecule has 0 radical (unpaired) electrons. The number of hydrogen-bond donors (Lipinski definition) is 0. The van der Waals surface area contributed by atoms with Gasteiger partial charge in [0.2, 0.25) is 0 Å². The Morgan fingerprint density at radius 1 is 0.682 bits per heavy atom. The fraction of sp³-hybridized carbons (Fsp3) is 1.00. The Hall–Kier alpha value is 0.0900. The van der Waals surface area contributed by atoms with E-state index in [9.17, 15) is 0 Å². The first kappa shape index (κ1) is 20.1. The largest absolute Gasteiger partial charge is 0.319 e. The van der Waals surface area contributed by atoms with Crippen LogP contribution in [-0.2, 0) is 0 Å². The summed E-state index contributed by atoms with van der Waals surface area (Å²) in [5.74, 6) is 0. The molecule has 2 rings (SSSR count). The Kier molecular flexibility index (Phi) is 8.60. The maximum absolute atomic E-state index is 8.49. The fourth-order valence-corrected chi connectivity index (χ4v) is 4.75. The maximum Gasteiger partial charge on any atom is 0.0892 e. The predicted molar refractivity (Wildman–Crippen MR) is 75.1 cm³/mol. The molecule has 5 nitrogen and oxygen atoms in total. The van der Waals surface area contributed by atoms with Crippen LogP contribution < -0.4 is 18.6 Å². The van der Waals surface area contributed by atoms with Crippen molar-refractivity contribution in [1.29, 1.82) is 0 Å². The van der Waals surface area contributed by atoms with Gasteiger partial charge in [0.25, 0.3) is 0 Å². The SMILES string of the molecule is CC[N+](CC)(C1CCCCC1)C1CCCCC1.[O-][Cl+3]([O-])([O-])[O-]. The van der Waals surface area contributed by atoms with Crippen LogP contribution in [0.25, 0.3) is 0 Å². The minimum absolute atomic E-state index is 1.00. The lowest BCUT2D eigenvalue weighted by molar-refractivity contribution is -2.00. The van der Waals surface area contributed by atoms with Crippen molar-refractivity contribution >= 4 is 0 Å². The van der Waals surface area contributed by atoms with Crippen LogP contribution in [-0.4, -0.2) is 29.7 Å². The molecule has 0 heterocycles. The number of rotatable bonds is 4. The van der Waals surface area contributed by atoms with Crippen LogP contribution >= 0.6 is 0 Å². The third-order valence-corrected chi connectivity index (χ3v) is 5.78. The summed E-state index contributed by atoms with van der Waals surface area (Å²) >= 11 is 0. The molecule has 0 saturated heterocycles. The Balaban J connectivity index is 0.000000422. The average molecular weight is 338 g/mol. The molecule has 0 atom stereocenters. The lowest BCUT2D eigenvalue weighted by Gasteiger charge is -2.51. The van der Waals surface area contributed by atoms with Crippen LogP contribution in [0, 0.1) is 10.2 Å². The highest BCUT2D eigenvalue weighted by molar-refractivity contribution is 4.74. The first-order valence-corrected chi connectivity index (χ1v) is 10.0. The van der Waals surface area contributed by atoms with Crippen molar-refractivity contribution in [3.05, 3.63) is 0 Å². The van der Waals surface area contributed by atoms with Crippen molar-refractivity contribution in [2.45, 2.75) is 90.1 Å². The molecule has 2 fully saturated rings. The minimum Gasteiger partial charge on any atom is -0.319 e. The van der Waals surface area contributed by atoms with E-state index in [-0.39, 0.29) is 0 Å². The van der Waals surface area contributed by atoms with Crippen LogP contribution in [0.1, 0.15) is 78.1 Å². The lowest BCUT2D eigenvalue weighted by Crippen LogP contribution is -2.68. The molecular weight excluding hydrogens is 306 g/mol. The molecule has 0 unspecified atom stereocenters. The Labute approximate surface area is 137 Å². The molecule has 2 aliphatic rings. The molecule has 0 N–H and O–H groups in total. The summed E-state index contributed by atoms with van der Waals surface area (Å²) in [7, 11) is -4.94. The predicted octanol–water partition coefficient (Wildman–Crippen LogP) is -0.248. The van der Waals surface area contributed by atoms with Gasteiger partial charge in [-0.1, -0.05) is 12.8 Å². The Bertz CT molecular complexity index is 267. The number of halogens is 1. The van der Waals surface area contributed by atoms with Gasteiger partial charge in [0, 0.05) is 0 Å². The summed E-state index contributed by atoms with van der Waals surface area (Å²) in [4.78, 5) is 0. The molecule has 0 aromatic rings. The summed E-state index contributed by atoms with van der Waals surface area (Å²) in [5, 5.41) is 0. The molecule has 0 aromatic carbocycles. The first-order valence-electron chi connectivity index (χ1n) is 8.81. The molecule has 0 aromatic heterocycles. The van der Waals surface area contributed by atoms with E-state index < -0.39 is 10.2 Å². The second-order valence-electron chi connectivity index (χ2n) is 6.70. The van der Waals surface area contributed by atoms with Gasteiger partial charge in [0.05, 0.1) is 25.2 Å². The summed E-state index contributed by atoms with van der Waals surface area (Å²) in [6.45, 7) is 7.66. The molecule has 2 saturated carbocycles. The van der Waals surface area contributed by atoms with E-state index in [0.29, 0.717) is 0 Å². The van der Waals surface area contributed by atoms with Crippen molar-refractivity contribution in [3.63, 3.8) is 0 Å². The van der Waals surface area contributed by atoms with Gasteiger partial charge in [-0.2, -0.15) is 0 Å². The van der Waals surface area contributed by atoms with Gasteiger partial charge in [-0.25, -0.2) is 18.6 Å². The average Bonchev–Trinajstić information content (AvgIpc) is 2.50. The van der Waals surface area contributed by atoms with E-state index in [1.165, 1.54) is 81.8 Å². The lowest BCUT2D eigenvalue weighted by atomic mass is 9.85. The Morgan fingerprint density at radius 3 is 1.18 bits per heavy atom. The Morgan fingerprint density at radius 2 is 0.955 bits per heavy atom. The van der Waals surface area contributed by atoms with Gasteiger partial charge < -0.3 is 4.48 Å². The first-order chi connectivity index (χ1) is 10.3. The van der Waals surface area contributed by atoms with Gasteiger partial charge in [-0.3, -0.25) is 0 Å². The van der Waals surface area contributed by atoms with Gasteiger partial charge in [0.1, 0.15) is 0 Å². The van der Waals surface area contributed by atoms with Crippen molar-refractivity contribution in [1.82, 2.24) is 0 Å². The third kappa shape index (κ3) is 6.30. The zero-order valence-electron chi connectivity index (χ0n) is 14.1. The highest BCUT2D eigenvalue weighted by atomic mass is 35.7. The summed E-state index contributed by atoms with van der Waals surface area (Å²) in [6, 6.07) is 2.00. The summed E-state index contributed by atoms with van der Waals surface area (Å²) in [6.07, 6.45) is 15.0. The molecule has 0 aliphatic heterocycles. The number of quaternary nitrogens is 1. The monoisotopic (exact) mass is 337 g/mol. The number of nitrogens with zero attached hydrogens (tertiary/aromatic N) is 1. The molecule has 0 bridgehead atoms. The van der Waals surface area contributed by atoms with Gasteiger partial charge in [-0.05, 0) is 65.2 Å². The zero-order chi connectivity index (χ0) is 16.6. The van der Waals surface area contributed by atoms with Gasteiger partial charge >= 0.3 is 0 Å². The summed E-state index contributed by atoms with van der Waals surface area (Å²) < 4.78 is 35.4. The highest BCUT2D eigenvalue weighted by Crippen LogP contribution is 2.36. The van der Waals surface area contributed by atoms with E-state index in [1.54, 1.807) is 0 Å². The molecular formula is C16H32ClNO4. The van der Waals surface area contributed by atoms with Crippen molar-refractivity contribution in [3.8, 4) is 0 Å². The molecule has 0 spiro atoms. The van der Waals surface area contributed by atoms with Crippen molar-refractivity contribution in [2.24, 2.45) is 0 Å². The van der Waals surface area contributed by atoms with E-state index in [2.05, 4.69) is 13.8 Å². The quantitative estimate of drug-likeness (QED) is 0.661.